The average molecular weight is 418 g/mol. The number of benzene rings is 3. The van der Waals surface area contributed by atoms with E-state index in [9.17, 15) is 13.5 Å². The van der Waals surface area contributed by atoms with E-state index in [0.717, 1.165) is 26.8 Å². The van der Waals surface area contributed by atoms with Gasteiger partial charge in [0, 0.05) is 16.6 Å². The van der Waals surface area contributed by atoms with Crippen LogP contribution in [-0.2, 0) is 10.0 Å². The lowest BCUT2D eigenvalue weighted by molar-refractivity contribution is 0.183. The van der Waals surface area contributed by atoms with Gasteiger partial charge in [0.05, 0.1) is 11.1 Å². The van der Waals surface area contributed by atoms with Crippen LogP contribution in [0.4, 0.5) is 0 Å². The van der Waals surface area contributed by atoms with Crippen LogP contribution in [0, 0.1) is 0 Å². The molecule has 0 aliphatic carbocycles. The fraction of sp³-hybridized carbons (Fsp3) is 0.100. The highest BCUT2D eigenvalue weighted by molar-refractivity contribution is 7.92. The standard InChI is InChI=1S/C20H16ClNO3S2/c21-19-16-9-3-4-11-18(16)26-20(19)27(24,25)22-12-17(23)15-10-5-7-13-6-1-2-8-14(13)15/h1-11,17,22-23H,12H2. The molecule has 0 amide bonds. The first-order chi connectivity index (χ1) is 13.0. The van der Waals surface area contributed by atoms with Crippen LogP contribution in [0.15, 0.2) is 70.9 Å². The molecule has 4 aromatic rings. The molecule has 3 aromatic carbocycles. The van der Waals surface area contributed by atoms with E-state index in [2.05, 4.69) is 4.72 Å². The van der Waals surface area contributed by atoms with Crippen molar-refractivity contribution in [2.24, 2.45) is 0 Å². The molecule has 1 atom stereocenters. The Bertz CT molecular complexity index is 1230. The number of sulfonamides is 1. The quantitative estimate of drug-likeness (QED) is 0.493. The number of aliphatic hydroxyl groups excluding tert-OH is 1. The third kappa shape index (κ3) is 3.47. The summed E-state index contributed by atoms with van der Waals surface area (Å²) in [4.78, 5) is 0. The minimum absolute atomic E-state index is 0.0653. The third-order valence-corrected chi connectivity index (χ3v) is 8.13. The predicted octanol–water partition coefficient (Wildman–Crippen LogP) is 4.72. The van der Waals surface area contributed by atoms with Crippen molar-refractivity contribution in [2.75, 3.05) is 6.54 Å². The molecule has 0 saturated carbocycles. The monoisotopic (exact) mass is 417 g/mol. The number of hydrogen-bond acceptors (Lipinski definition) is 4. The second-order valence-electron chi connectivity index (χ2n) is 6.14. The first-order valence-electron chi connectivity index (χ1n) is 8.30. The second kappa shape index (κ2) is 7.22. The van der Waals surface area contributed by atoms with E-state index >= 15 is 0 Å². The van der Waals surface area contributed by atoms with Crippen LogP contribution in [-0.4, -0.2) is 20.1 Å². The molecule has 4 nitrogen and oxygen atoms in total. The molecule has 4 rings (SSSR count). The Morgan fingerprint density at radius 3 is 2.41 bits per heavy atom. The van der Waals surface area contributed by atoms with Gasteiger partial charge < -0.3 is 5.11 Å². The van der Waals surface area contributed by atoms with Gasteiger partial charge in [-0.1, -0.05) is 72.3 Å². The van der Waals surface area contributed by atoms with Crippen LogP contribution in [0.25, 0.3) is 20.9 Å². The second-order valence-corrected chi connectivity index (χ2v) is 9.53. The largest absolute Gasteiger partial charge is 0.387 e. The predicted molar refractivity (Wildman–Crippen MR) is 111 cm³/mol. The Morgan fingerprint density at radius 1 is 0.963 bits per heavy atom. The molecular formula is C20H16ClNO3S2. The summed E-state index contributed by atoms with van der Waals surface area (Å²) in [7, 11) is -3.83. The summed E-state index contributed by atoms with van der Waals surface area (Å²) in [5, 5.41) is 13.4. The SMILES string of the molecule is O=S(=O)(NCC(O)c1cccc2ccccc12)c1sc2ccccc2c1Cl. The maximum atomic E-state index is 12.7. The van der Waals surface area contributed by atoms with Gasteiger partial charge in [0.1, 0.15) is 0 Å². The van der Waals surface area contributed by atoms with Crippen molar-refractivity contribution < 1.29 is 13.5 Å². The summed E-state index contributed by atoms with van der Waals surface area (Å²) < 4.78 is 28.8. The Balaban J connectivity index is 1.60. The summed E-state index contributed by atoms with van der Waals surface area (Å²) in [6.45, 7) is -0.138. The third-order valence-electron chi connectivity index (χ3n) is 4.40. The van der Waals surface area contributed by atoms with Crippen LogP contribution >= 0.6 is 22.9 Å². The Hall–Kier alpha value is -1.96. The van der Waals surface area contributed by atoms with Gasteiger partial charge in [-0.05, 0) is 22.4 Å². The van der Waals surface area contributed by atoms with E-state index in [4.69, 9.17) is 11.6 Å². The van der Waals surface area contributed by atoms with E-state index in [1.807, 2.05) is 54.6 Å². The molecule has 0 saturated heterocycles. The molecule has 2 N–H and O–H groups in total. The maximum absolute atomic E-state index is 12.7. The van der Waals surface area contributed by atoms with Crippen molar-refractivity contribution >= 4 is 53.8 Å². The molecule has 1 aromatic heterocycles. The topological polar surface area (TPSA) is 66.4 Å². The fourth-order valence-electron chi connectivity index (χ4n) is 3.07. The number of halogens is 1. The lowest BCUT2D eigenvalue weighted by atomic mass is 10.0. The van der Waals surface area contributed by atoms with Crippen LogP contribution in [0.2, 0.25) is 5.02 Å². The molecule has 27 heavy (non-hydrogen) atoms. The molecule has 1 unspecified atom stereocenters. The van der Waals surface area contributed by atoms with Crippen molar-refractivity contribution in [3.63, 3.8) is 0 Å². The van der Waals surface area contributed by atoms with Gasteiger partial charge in [0.25, 0.3) is 10.0 Å². The van der Waals surface area contributed by atoms with Gasteiger partial charge in [-0.2, -0.15) is 0 Å². The van der Waals surface area contributed by atoms with Crippen LogP contribution in [0.1, 0.15) is 11.7 Å². The van der Waals surface area contributed by atoms with E-state index in [0.29, 0.717) is 10.9 Å². The smallest absolute Gasteiger partial charge is 0.251 e. The minimum Gasteiger partial charge on any atom is -0.387 e. The van der Waals surface area contributed by atoms with E-state index in [-0.39, 0.29) is 15.8 Å². The van der Waals surface area contributed by atoms with Gasteiger partial charge in [-0.3, -0.25) is 0 Å². The highest BCUT2D eigenvalue weighted by Crippen LogP contribution is 2.38. The van der Waals surface area contributed by atoms with Crippen LogP contribution in [0.5, 0.6) is 0 Å². The molecule has 0 aliphatic rings. The molecule has 7 heteroatoms. The van der Waals surface area contributed by atoms with Crippen molar-refractivity contribution in [1.82, 2.24) is 4.72 Å². The van der Waals surface area contributed by atoms with Crippen LogP contribution in [0.3, 0.4) is 0 Å². The number of nitrogens with one attached hydrogen (secondary N) is 1. The average Bonchev–Trinajstić information content (AvgIpc) is 3.04. The maximum Gasteiger partial charge on any atom is 0.251 e. The van der Waals surface area contributed by atoms with Gasteiger partial charge in [0.2, 0.25) is 0 Å². The zero-order chi connectivity index (χ0) is 19.0. The molecular weight excluding hydrogens is 402 g/mol. The molecule has 0 spiro atoms. The van der Waals surface area contributed by atoms with Crippen LogP contribution < -0.4 is 4.72 Å². The number of fused-ring (bicyclic) bond motifs is 2. The summed E-state index contributed by atoms with van der Waals surface area (Å²) in [6, 6.07) is 20.5. The Morgan fingerprint density at radius 2 is 1.63 bits per heavy atom. The Labute approximate surface area is 166 Å². The van der Waals surface area contributed by atoms with Crippen molar-refractivity contribution in [1.29, 1.82) is 0 Å². The summed E-state index contributed by atoms with van der Waals surface area (Å²) in [5.74, 6) is 0. The van der Waals surface area contributed by atoms with Gasteiger partial charge in [-0.15, -0.1) is 11.3 Å². The zero-order valence-electron chi connectivity index (χ0n) is 14.1. The lowest BCUT2D eigenvalue weighted by Crippen LogP contribution is -2.28. The summed E-state index contributed by atoms with van der Waals surface area (Å²) >= 11 is 7.40. The number of hydrogen-bond donors (Lipinski definition) is 2. The first kappa shape index (κ1) is 18.4. The molecule has 0 aliphatic heterocycles. The normalized spacial score (nSPS) is 13.3. The Kier molecular flexibility index (Phi) is 4.92. The summed E-state index contributed by atoms with van der Waals surface area (Å²) in [6.07, 6.45) is -0.973. The zero-order valence-corrected chi connectivity index (χ0v) is 16.5. The van der Waals surface area contributed by atoms with Crippen molar-refractivity contribution in [3.8, 4) is 0 Å². The molecule has 138 valence electrons. The van der Waals surface area contributed by atoms with Gasteiger partial charge in [0.15, 0.2) is 4.21 Å². The highest BCUT2D eigenvalue weighted by Gasteiger charge is 2.24. The minimum atomic E-state index is -3.83. The number of rotatable bonds is 5. The highest BCUT2D eigenvalue weighted by atomic mass is 35.5. The van der Waals surface area contributed by atoms with E-state index in [1.54, 1.807) is 12.1 Å². The van der Waals surface area contributed by atoms with E-state index in [1.165, 1.54) is 0 Å². The van der Waals surface area contributed by atoms with Gasteiger partial charge in [-0.25, -0.2) is 13.1 Å². The van der Waals surface area contributed by atoms with Crippen molar-refractivity contribution in [3.05, 3.63) is 77.3 Å². The van der Waals surface area contributed by atoms with Gasteiger partial charge >= 0.3 is 0 Å². The first-order valence-corrected chi connectivity index (χ1v) is 11.0. The summed E-state index contributed by atoms with van der Waals surface area (Å²) in [5.41, 5.74) is 0.679. The number of aliphatic hydroxyl groups is 1. The molecule has 0 fully saturated rings. The molecule has 1 heterocycles. The molecule has 0 bridgehead atoms. The number of thiophene rings is 1. The lowest BCUT2D eigenvalue weighted by Gasteiger charge is -2.14. The molecule has 0 radical (unpaired) electrons. The van der Waals surface area contributed by atoms with Crippen molar-refractivity contribution in [2.45, 2.75) is 10.3 Å². The van der Waals surface area contributed by atoms with E-state index < -0.39 is 16.1 Å². The fourth-order valence-corrected chi connectivity index (χ4v) is 6.28.